The summed E-state index contributed by atoms with van der Waals surface area (Å²) in [4.78, 5) is 0. The second kappa shape index (κ2) is 8.02. The van der Waals surface area contributed by atoms with Crippen molar-refractivity contribution in [2.45, 2.75) is 36.9 Å². The van der Waals surface area contributed by atoms with Gasteiger partial charge in [-0.3, -0.25) is 0 Å². The number of fused-ring (bicyclic) bond motifs is 1. The van der Waals surface area contributed by atoms with Crippen LogP contribution >= 0.6 is 0 Å². The molecule has 0 saturated carbocycles. The Morgan fingerprint density at radius 2 is 1.70 bits per heavy atom. The van der Waals surface area contributed by atoms with E-state index in [1.54, 1.807) is 16.7 Å². The first-order chi connectivity index (χ1) is 13.0. The van der Waals surface area contributed by atoms with Crippen LogP contribution in [0.4, 0.5) is 0 Å². The van der Waals surface area contributed by atoms with Crippen LogP contribution < -0.4 is 0 Å². The van der Waals surface area contributed by atoms with Gasteiger partial charge in [0, 0.05) is 0 Å². The quantitative estimate of drug-likeness (QED) is 0.501. The van der Waals surface area contributed by atoms with E-state index in [4.69, 9.17) is 0 Å². The van der Waals surface area contributed by atoms with E-state index >= 15 is 0 Å². The van der Waals surface area contributed by atoms with Crippen LogP contribution in [-0.2, 0) is 27.9 Å². The normalized spacial score (nSPS) is 18.8. The monoisotopic (exact) mass is 445 g/mol. The number of allylic oxidation sites excluding steroid dienone is 5. The van der Waals surface area contributed by atoms with Crippen molar-refractivity contribution in [2.24, 2.45) is 5.41 Å². The molecule has 0 spiro atoms. The molecule has 0 aromatic heterocycles. The Labute approximate surface area is 175 Å². The van der Waals surface area contributed by atoms with Crippen LogP contribution in [0.1, 0.15) is 47.5 Å². The van der Waals surface area contributed by atoms with Crippen molar-refractivity contribution in [1.82, 2.24) is 0 Å². The third-order valence-corrected chi connectivity index (χ3v) is 14.0. The van der Waals surface area contributed by atoms with Gasteiger partial charge in [0.1, 0.15) is 0 Å². The third-order valence-electron chi connectivity index (χ3n) is 5.50. The SMILES string of the molecule is CC(C)(C)C1=CCC(C2=Cc3ccccc3[CH]2/[Zr]=[SiH]/Cc2ccccc2)=C1. The van der Waals surface area contributed by atoms with Crippen LogP contribution in [0, 0.1) is 5.41 Å². The summed E-state index contributed by atoms with van der Waals surface area (Å²) in [6.45, 7) is 6.98. The first-order valence-corrected chi connectivity index (χ1v) is 16.9. The van der Waals surface area contributed by atoms with E-state index < -0.39 is 21.9 Å². The van der Waals surface area contributed by atoms with Crippen molar-refractivity contribution in [2.75, 3.05) is 0 Å². The molecule has 1 unspecified atom stereocenters. The summed E-state index contributed by atoms with van der Waals surface area (Å²) < 4.78 is 0.752. The topological polar surface area (TPSA) is 0 Å². The van der Waals surface area contributed by atoms with Crippen LogP contribution in [-0.4, -0.2) is 6.16 Å². The molecule has 0 aliphatic heterocycles. The van der Waals surface area contributed by atoms with Crippen molar-refractivity contribution >= 4 is 12.2 Å². The Kier molecular flexibility index (Phi) is 5.67. The van der Waals surface area contributed by atoms with Gasteiger partial charge < -0.3 is 0 Å². The van der Waals surface area contributed by atoms with Crippen molar-refractivity contribution in [3.05, 3.63) is 100 Å². The molecule has 2 aromatic carbocycles. The van der Waals surface area contributed by atoms with Crippen LogP contribution in [0.15, 0.2) is 83.5 Å². The summed E-state index contributed by atoms with van der Waals surface area (Å²) >= 11 is -0.471. The zero-order valence-corrected chi connectivity index (χ0v) is 20.1. The summed E-state index contributed by atoms with van der Waals surface area (Å²) in [5.74, 6) is 0. The van der Waals surface area contributed by atoms with Gasteiger partial charge in [0.15, 0.2) is 0 Å². The molecule has 0 nitrogen and oxygen atoms in total. The zero-order chi connectivity index (χ0) is 18.9. The molecule has 2 heteroatoms. The van der Waals surface area contributed by atoms with Crippen molar-refractivity contribution < 1.29 is 21.9 Å². The van der Waals surface area contributed by atoms with E-state index in [1.807, 2.05) is 0 Å². The zero-order valence-electron chi connectivity index (χ0n) is 16.5. The van der Waals surface area contributed by atoms with Gasteiger partial charge in [-0.2, -0.15) is 0 Å². The Bertz CT molecular complexity index is 955. The predicted molar refractivity (Wildman–Crippen MR) is 115 cm³/mol. The molecule has 27 heavy (non-hydrogen) atoms. The van der Waals surface area contributed by atoms with E-state index in [0.717, 1.165) is 10.0 Å². The standard InChI is InChI=1S/C18H19.C7H8Si.Zr/c1-18(2,3)17-9-8-15(12-17)16-10-13-6-4-5-7-14(13)11-16;8-6-7-4-2-1-3-5-7;/h4-7,9-12H,8H2,1-3H3;1-5,8H,6H2;. The molecule has 2 aromatic rings. The van der Waals surface area contributed by atoms with E-state index in [0.29, 0.717) is 6.16 Å². The first-order valence-electron chi connectivity index (χ1n) is 9.86. The molecule has 2 aliphatic rings. The summed E-state index contributed by atoms with van der Waals surface area (Å²) in [6, 6.07) is 21.5. The Morgan fingerprint density at radius 1 is 0.963 bits per heavy atom. The Balaban J connectivity index is 1.61. The Morgan fingerprint density at radius 3 is 2.44 bits per heavy atom. The van der Waals surface area contributed by atoms with Crippen LogP contribution in [0.25, 0.3) is 6.08 Å². The number of hydrogen-bond acceptors (Lipinski definition) is 0. The minimum atomic E-state index is -0.471. The molecule has 0 amide bonds. The second-order valence-corrected chi connectivity index (χ2v) is 16.5. The molecule has 0 bridgehead atoms. The first kappa shape index (κ1) is 19.1. The molecule has 0 saturated heterocycles. The minimum absolute atomic E-state index is 0.252. The summed E-state index contributed by atoms with van der Waals surface area (Å²) in [5, 5.41) is 0. The molecule has 1 atom stereocenters. The van der Waals surface area contributed by atoms with Gasteiger partial charge >= 0.3 is 177 Å². The van der Waals surface area contributed by atoms with Crippen LogP contribution in [0.3, 0.4) is 0 Å². The van der Waals surface area contributed by atoms with Gasteiger partial charge in [-0.25, -0.2) is 0 Å². The van der Waals surface area contributed by atoms with Crippen molar-refractivity contribution in [3.8, 4) is 0 Å². The third kappa shape index (κ3) is 4.28. The molecule has 2 aliphatic carbocycles. The van der Waals surface area contributed by atoms with E-state index in [-0.39, 0.29) is 5.41 Å². The molecule has 0 N–H and O–H groups in total. The van der Waals surface area contributed by atoms with Gasteiger partial charge in [-0.15, -0.1) is 0 Å². The molecule has 0 fully saturated rings. The van der Waals surface area contributed by atoms with E-state index in [2.05, 4.69) is 93.6 Å². The Hall–Kier alpha value is -1.24. The van der Waals surface area contributed by atoms with Crippen molar-refractivity contribution in [3.63, 3.8) is 0 Å². The summed E-state index contributed by atoms with van der Waals surface area (Å²) in [6.07, 6.45) is 9.16. The molecule has 135 valence electrons. The van der Waals surface area contributed by atoms with Gasteiger partial charge in [0.05, 0.1) is 0 Å². The number of benzene rings is 2. The van der Waals surface area contributed by atoms with Crippen molar-refractivity contribution in [1.29, 1.82) is 0 Å². The average molecular weight is 447 g/mol. The maximum absolute atomic E-state index is 2.51. The van der Waals surface area contributed by atoms with E-state index in [9.17, 15) is 0 Å². The fraction of sp³-hybridized carbons (Fsp3) is 0.280. The molecule has 0 heterocycles. The number of rotatable bonds is 4. The molecular weight excluding hydrogens is 420 g/mol. The number of hydrogen-bond donors (Lipinski definition) is 0. The molecular formula is C25H27SiZr. The summed E-state index contributed by atoms with van der Waals surface area (Å²) in [5.41, 5.74) is 9.62. The average Bonchev–Trinajstić information content (AvgIpc) is 3.28. The second-order valence-electron chi connectivity index (χ2n) is 8.51. The van der Waals surface area contributed by atoms with Gasteiger partial charge in [-0.1, -0.05) is 0 Å². The fourth-order valence-corrected chi connectivity index (χ4v) is 13.5. The van der Waals surface area contributed by atoms with Crippen LogP contribution in [0.2, 0.25) is 0 Å². The van der Waals surface area contributed by atoms with E-state index in [1.165, 1.54) is 22.7 Å². The van der Waals surface area contributed by atoms with Crippen LogP contribution in [0.5, 0.6) is 0 Å². The van der Waals surface area contributed by atoms with Gasteiger partial charge in [-0.05, 0) is 0 Å². The summed E-state index contributed by atoms with van der Waals surface area (Å²) in [7, 11) is 0. The van der Waals surface area contributed by atoms with Gasteiger partial charge in [0.25, 0.3) is 0 Å². The predicted octanol–water partition coefficient (Wildman–Crippen LogP) is 6.06. The molecule has 4 rings (SSSR count). The maximum atomic E-state index is 2.51. The van der Waals surface area contributed by atoms with Gasteiger partial charge in [0.2, 0.25) is 0 Å². The molecule has 0 radical (unpaired) electrons. The fourth-order valence-electron chi connectivity index (χ4n) is 3.94.